The van der Waals surface area contributed by atoms with Crippen molar-refractivity contribution >= 4 is 11.8 Å². The van der Waals surface area contributed by atoms with Gasteiger partial charge in [-0.1, -0.05) is 6.07 Å². The Hall–Kier alpha value is -2.16. The second-order valence-corrected chi connectivity index (χ2v) is 5.14. The van der Waals surface area contributed by atoms with Gasteiger partial charge in [0.2, 0.25) is 5.91 Å². The molecule has 1 heterocycles. The zero-order valence-corrected chi connectivity index (χ0v) is 12.0. The van der Waals surface area contributed by atoms with Crippen LogP contribution in [-0.4, -0.2) is 43.4 Å². The Balaban J connectivity index is 1.75. The third-order valence-corrected chi connectivity index (χ3v) is 3.33. The number of carbonyl (C=O) groups is 2. The number of benzene rings is 1. The SMILES string of the molecule is O=C(NCCNC(=O)C1CC(F)(F)CN1)c1c(F)cccc1F. The lowest BCUT2D eigenvalue weighted by atomic mass is 10.2. The molecule has 5 nitrogen and oxygen atoms in total. The van der Waals surface area contributed by atoms with E-state index in [2.05, 4.69) is 16.0 Å². The van der Waals surface area contributed by atoms with Gasteiger partial charge in [0.1, 0.15) is 17.2 Å². The average molecular weight is 333 g/mol. The molecule has 1 aromatic carbocycles. The van der Waals surface area contributed by atoms with Gasteiger partial charge in [-0.25, -0.2) is 17.6 Å². The normalized spacial score (nSPS) is 19.4. The lowest BCUT2D eigenvalue weighted by Gasteiger charge is -2.12. The molecule has 0 saturated carbocycles. The van der Waals surface area contributed by atoms with Gasteiger partial charge in [-0.2, -0.15) is 0 Å². The maximum atomic E-state index is 13.4. The Labute approximate surface area is 129 Å². The van der Waals surface area contributed by atoms with E-state index < -0.39 is 53.9 Å². The highest BCUT2D eigenvalue weighted by Crippen LogP contribution is 2.24. The molecule has 126 valence electrons. The highest BCUT2D eigenvalue weighted by atomic mass is 19.3. The molecule has 1 saturated heterocycles. The fourth-order valence-corrected chi connectivity index (χ4v) is 2.19. The number of rotatable bonds is 5. The van der Waals surface area contributed by atoms with Gasteiger partial charge in [-0.3, -0.25) is 14.9 Å². The lowest BCUT2D eigenvalue weighted by molar-refractivity contribution is -0.123. The van der Waals surface area contributed by atoms with Crippen LogP contribution >= 0.6 is 0 Å². The van der Waals surface area contributed by atoms with E-state index in [0.29, 0.717) is 0 Å². The molecule has 1 unspecified atom stereocenters. The summed E-state index contributed by atoms with van der Waals surface area (Å²) in [7, 11) is 0. The second-order valence-electron chi connectivity index (χ2n) is 5.14. The van der Waals surface area contributed by atoms with E-state index in [-0.39, 0.29) is 13.1 Å². The number of hydrogen-bond donors (Lipinski definition) is 3. The number of amides is 2. The molecule has 9 heteroatoms. The molecule has 23 heavy (non-hydrogen) atoms. The van der Waals surface area contributed by atoms with Crippen molar-refractivity contribution in [3.8, 4) is 0 Å². The fraction of sp³-hybridized carbons (Fsp3) is 0.429. The number of hydrogen-bond acceptors (Lipinski definition) is 3. The van der Waals surface area contributed by atoms with Crippen molar-refractivity contribution in [2.45, 2.75) is 18.4 Å². The highest BCUT2D eigenvalue weighted by Gasteiger charge is 2.42. The minimum atomic E-state index is -2.92. The molecule has 2 amide bonds. The van der Waals surface area contributed by atoms with E-state index in [1.807, 2.05) is 0 Å². The summed E-state index contributed by atoms with van der Waals surface area (Å²) in [5, 5.41) is 6.99. The van der Waals surface area contributed by atoms with Crippen LogP contribution in [0.3, 0.4) is 0 Å². The predicted molar refractivity (Wildman–Crippen MR) is 73.1 cm³/mol. The largest absolute Gasteiger partial charge is 0.353 e. The van der Waals surface area contributed by atoms with Crippen LogP contribution in [0.15, 0.2) is 18.2 Å². The van der Waals surface area contributed by atoms with Crippen LogP contribution in [0, 0.1) is 11.6 Å². The van der Waals surface area contributed by atoms with Crippen molar-refractivity contribution in [2.75, 3.05) is 19.6 Å². The second kappa shape index (κ2) is 6.95. The Morgan fingerprint density at radius 3 is 2.35 bits per heavy atom. The van der Waals surface area contributed by atoms with Gasteiger partial charge >= 0.3 is 0 Å². The monoisotopic (exact) mass is 333 g/mol. The summed E-state index contributed by atoms with van der Waals surface area (Å²) in [6.07, 6.45) is -0.592. The molecule has 0 bridgehead atoms. The standard InChI is InChI=1S/C14H15F4N3O2/c15-8-2-1-3-9(16)11(8)13(23)20-5-4-19-12(22)10-6-14(17,18)7-21-10/h1-3,10,21H,4-7H2,(H,19,22)(H,20,23). The summed E-state index contributed by atoms with van der Waals surface area (Å²) in [6.45, 7) is -0.708. The van der Waals surface area contributed by atoms with Gasteiger partial charge in [-0.15, -0.1) is 0 Å². The van der Waals surface area contributed by atoms with E-state index in [1.165, 1.54) is 0 Å². The number of carbonyl (C=O) groups excluding carboxylic acids is 2. The lowest BCUT2D eigenvalue weighted by Crippen LogP contribution is -2.43. The first-order valence-electron chi connectivity index (χ1n) is 6.91. The summed E-state index contributed by atoms with van der Waals surface area (Å²) in [5.41, 5.74) is -0.712. The quantitative estimate of drug-likeness (QED) is 0.552. The minimum Gasteiger partial charge on any atom is -0.353 e. The van der Waals surface area contributed by atoms with E-state index >= 15 is 0 Å². The van der Waals surface area contributed by atoms with Crippen molar-refractivity contribution in [1.29, 1.82) is 0 Å². The molecule has 0 aliphatic carbocycles. The Morgan fingerprint density at radius 2 is 1.78 bits per heavy atom. The van der Waals surface area contributed by atoms with Crippen LogP contribution in [0.5, 0.6) is 0 Å². The van der Waals surface area contributed by atoms with Crippen molar-refractivity contribution in [2.24, 2.45) is 0 Å². The number of halogens is 4. The zero-order chi connectivity index (χ0) is 17.0. The summed E-state index contributed by atoms with van der Waals surface area (Å²) >= 11 is 0. The average Bonchev–Trinajstić information content (AvgIpc) is 2.83. The van der Waals surface area contributed by atoms with E-state index in [4.69, 9.17) is 0 Å². The topological polar surface area (TPSA) is 70.2 Å². The molecular formula is C14H15F4N3O2. The Morgan fingerprint density at radius 1 is 1.17 bits per heavy atom. The van der Waals surface area contributed by atoms with Crippen LogP contribution < -0.4 is 16.0 Å². The fourth-order valence-electron chi connectivity index (χ4n) is 2.19. The molecular weight excluding hydrogens is 318 g/mol. The predicted octanol–water partition coefficient (Wildman–Crippen LogP) is 0.808. The molecule has 0 aromatic heterocycles. The number of nitrogens with one attached hydrogen (secondary N) is 3. The van der Waals surface area contributed by atoms with Crippen molar-refractivity contribution in [3.05, 3.63) is 35.4 Å². The summed E-state index contributed by atoms with van der Waals surface area (Å²) in [4.78, 5) is 23.3. The van der Waals surface area contributed by atoms with E-state index in [1.54, 1.807) is 0 Å². The third kappa shape index (κ3) is 4.41. The summed E-state index contributed by atoms with van der Waals surface area (Å²) in [5.74, 6) is -6.49. The zero-order valence-electron chi connectivity index (χ0n) is 12.0. The van der Waals surface area contributed by atoms with Gasteiger partial charge in [0.25, 0.3) is 11.8 Å². The van der Waals surface area contributed by atoms with Gasteiger partial charge in [-0.05, 0) is 12.1 Å². The molecule has 1 fully saturated rings. The maximum Gasteiger partial charge on any atom is 0.262 e. The van der Waals surface area contributed by atoms with Crippen molar-refractivity contribution < 1.29 is 27.2 Å². The maximum absolute atomic E-state index is 13.4. The van der Waals surface area contributed by atoms with Gasteiger partial charge < -0.3 is 10.6 Å². The number of alkyl halides is 2. The van der Waals surface area contributed by atoms with Crippen LogP contribution in [0.2, 0.25) is 0 Å². The summed E-state index contributed by atoms with van der Waals surface area (Å²) < 4.78 is 52.6. The van der Waals surface area contributed by atoms with Crippen molar-refractivity contribution in [3.63, 3.8) is 0 Å². The van der Waals surface area contributed by atoms with Gasteiger partial charge in [0.15, 0.2) is 0 Å². The molecule has 3 N–H and O–H groups in total. The molecule has 1 atom stereocenters. The third-order valence-electron chi connectivity index (χ3n) is 3.33. The molecule has 0 spiro atoms. The van der Waals surface area contributed by atoms with E-state index in [0.717, 1.165) is 18.2 Å². The van der Waals surface area contributed by atoms with Gasteiger partial charge in [0.05, 0.1) is 12.6 Å². The first-order chi connectivity index (χ1) is 10.8. The minimum absolute atomic E-state index is 0.0512. The molecule has 1 aromatic rings. The Kier molecular flexibility index (Phi) is 5.19. The first-order valence-corrected chi connectivity index (χ1v) is 6.91. The van der Waals surface area contributed by atoms with Crippen LogP contribution in [0.25, 0.3) is 0 Å². The van der Waals surface area contributed by atoms with Crippen LogP contribution in [-0.2, 0) is 4.79 Å². The van der Waals surface area contributed by atoms with Crippen LogP contribution in [0.1, 0.15) is 16.8 Å². The molecule has 0 radical (unpaired) electrons. The van der Waals surface area contributed by atoms with Gasteiger partial charge in [0, 0.05) is 19.5 Å². The molecule has 1 aliphatic heterocycles. The molecule has 2 rings (SSSR count). The first kappa shape index (κ1) is 17.2. The smallest absolute Gasteiger partial charge is 0.262 e. The highest BCUT2D eigenvalue weighted by molar-refractivity contribution is 5.94. The summed E-state index contributed by atoms with van der Waals surface area (Å²) in [6, 6.07) is 2.04. The Bertz CT molecular complexity index is 589. The molecule has 1 aliphatic rings. The van der Waals surface area contributed by atoms with Crippen LogP contribution in [0.4, 0.5) is 17.6 Å². The van der Waals surface area contributed by atoms with Crippen molar-refractivity contribution in [1.82, 2.24) is 16.0 Å². The van der Waals surface area contributed by atoms with E-state index in [9.17, 15) is 27.2 Å².